The molecule has 0 saturated heterocycles. The topological polar surface area (TPSA) is 86.8 Å². The molecule has 0 unspecified atom stereocenters. The first-order valence-corrected chi connectivity index (χ1v) is 6.63. The molecule has 1 heterocycles. The lowest BCUT2D eigenvalue weighted by atomic mass is 10.2. The Kier molecular flexibility index (Phi) is 5.32. The van der Waals surface area contributed by atoms with Crippen molar-refractivity contribution >= 4 is 23.4 Å². The summed E-state index contributed by atoms with van der Waals surface area (Å²) in [6.45, 7) is 5.02. The van der Waals surface area contributed by atoms with Gasteiger partial charge < -0.3 is 19.5 Å². The Morgan fingerprint density at radius 1 is 1.25 bits per heavy atom. The van der Waals surface area contributed by atoms with E-state index in [-0.39, 0.29) is 18.0 Å². The Morgan fingerprint density at radius 3 is 2.40 bits per heavy atom. The van der Waals surface area contributed by atoms with Crippen LogP contribution >= 0.6 is 11.5 Å². The van der Waals surface area contributed by atoms with Crippen molar-refractivity contribution in [1.82, 2.24) is 9.69 Å². The van der Waals surface area contributed by atoms with Crippen LogP contribution in [-0.4, -0.2) is 42.6 Å². The van der Waals surface area contributed by atoms with Crippen LogP contribution in [0.2, 0.25) is 0 Å². The van der Waals surface area contributed by atoms with Crippen LogP contribution in [0.3, 0.4) is 0 Å². The van der Waals surface area contributed by atoms with Crippen molar-refractivity contribution in [2.24, 2.45) is 0 Å². The highest BCUT2D eigenvalue weighted by Crippen LogP contribution is 2.31. The Bertz CT molecular complexity index is 471. The predicted octanol–water partition coefficient (Wildman–Crippen LogP) is 1.23. The maximum absolute atomic E-state index is 12.0. The monoisotopic (exact) mass is 302 g/mol. The zero-order valence-corrected chi connectivity index (χ0v) is 12.9. The van der Waals surface area contributed by atoms with Gasteiger partial charge >= 0.3 is 5.97 Å². The SMILES string of the molecule is COc1nsc(OC)c1C(=O)NCC(=O)OC(C)(C)C. The molecule has 0 saturated carbocycles. The van der Waals surface area contributed by atoms with E-state index in [1.54, 1.807) is 20.8 Å². The molecule has 0 atom stereocenters. The zero-order chi connectivity index (χ0) is 15.3. The van der Waals surface area contributed by atoms with Crippen LogP contribution in [0.5, 0.6) is 10.9 Å². The van der Waals surface area contributed by atoms with Gasteiger partial charge in [0.1, 0.15) is 12.1 Å². The Labute approximate surface area is 121 Å². The number of ether oxygens (including phenoxy) is 3. The van der Waals surface area contributed by atoms with E-state index in [4.69, 9.17) is 14.2 Å². The highest BCUT2D eigenvalue weighted by molar-refractivity contribution is 7.08. The summed E-state index contributed by atoms with van der Waals surface area (Å²) in [5.74, 6) is -0.862. The summed E-state index contributed by atoms with van der Waals surface area (Å²) in [7, 11) is 2.83. The highest BCUT2D eigenvalue weighted by Gasteiger charge is 2.24. The molecule has 1 rings (SSSR count). The maximum atomic E-state index is 12.0. The molecule has 0 fully saturated rings. The third kappa shape index (κ3) is 4.37. The summed E-state index contributed by atoms with van der Waals surface area (Å²) in [5.41, 5.74) is -0.426. The fourth-order valence-electron chi connectivity index (χ4n) is 1.35. The molecule has 1 N–H and O–H groups in total. The van der Waals surface area contributed by atoms with Crippen LogP contribution in [0, 0.1) is 0 Å². The first-order chi connectivity index (χ1) is 9.28. The van der Waals surface area contributed by atoms with Gasteiger partial charge in [-0.05, 0) is 20.8 Å². The lowest BCUT2D eigenvalue weighted by molar-refractivity contribution is -0.153. The zero-order valence-electron chi connectivity index (χ0n) is 12.1. The smallest absolute Gasteiger partial charge is 0.325 e. The van der Waals surface area contributed by atoms with Crippen molar-refractivity contribution in [1.29, 1.82) is 0 Å². The van der Waals surface area contributed by atoms with Crippen molar-refractivity contribution in [3.05, 3.63) is 5.56 Å². The molecule has 1 amide bonds. The van der Waals surface area contributed by atoms with E-state index in [1.807, 2.05) is 0 Å². The number of esters is 1. The van der Waals surface area contributed by atoms with E-state index >= 15 is 0 Å². The van der Waals surface area contributed by atoms with E-state index in [2.05, 4.69) is 9.69 Å². The third-order valence-corrected chi connectivity index (χ3v) is 2.84. The summed E-state index contributed by atoms with van der Waals surface area (Å²) in [6, 6.07) is 0. The fraction of sp³-hybridized carbons (Fsp3) is 0.583. The molecule has 0 aromatic carbocycles. The summed E-state index contributed by atoms with van der Waals surface area (Å²) in [6.07, 6.45) is 0. The number of amides is 1. The average Bonchev–Trinajstić information content (AvgIpc) is 2.76. The van der Waals surface area contributed by atoms with Crippen LogP contribution < -0.4 is 14.8 Å². The molecule has 1 aromatic heterocycles. The quantitative estimate of drug-likeness (QED) is 0.823. The number of carbonyl (C=O) groups excluding carboxylic acids is 2. The second-order valence-corrected chi connectivity index (χ2v) is 5.56. The molecule has 0 aliphatic heterocycles. The van der Waals surface area contributed by atoms with Crippen molar-refractivity contribution in [2.45, 2.75) is 26.4 Å². The number of aromatic nitrogens is 1. The van der Waals surface area contributed by atoms with Crippen LogP contribution in [0.1, 0.15) is 31.1 Å². The van der Waals surface area contributed by atoms with Gasteiger partial charge in [0.15, 0.2) is 5.56 Å². The summed E-state index contributed by atoms with van der Waals surface area (Å²) in [4.78, 5) is 23.6. The number of methoxy groups -OCH3 is 2. The molecule has 1 aromatic rings. The molecule has 0 spiro atoms. The molecule has 0 aliphatic rings. The summed E-state index contributed by atoms with van der Waals surface area (Å²) in [5, 5.41) is 2.77. The molecule has 0 aliphatic carbocycles. The maximum Gasteiger partial charge on any atom is 0.325 e. The number of nitrogens with zero attached hydrogens (tertiary/aromatic N) is 1. The van der Waals surface area contributed by atoms with Crippen LogP contribution in [0.15, 0.2) is 0 Å². The summed E-state index contributed by atoms with van der Waals surface area (Å²) >= 11 is 0.999. The lowest BCUT2D eigenvalue weighted by Gasteiger charge is -2.19. The lowest BCUT2D eigenvalue weighted by Crippen LogP contribution is -2.34. The Hall–Kier alpha value is -1.83. The van der Waals surface area contributed by atoms with Gasteiger partial charge in [-0.1, -0.05) is 0 Å². The Balaban J connectivity index is 2.68. The van der Waals surface area contributed by atoms with Gasteiger partial charge in [-0.3, -0.25) is 9.59 Å². The van der Waals surface area contributed by atoms with E-state index < -0.39 is 17.5 Å². The summed E-state index contributed by atoms with van der Waals surface area (Å²) < 4.78 is 19.0. The largest absolute Gasteiger partial charge is 0.485 e. The predicted molar refractivity (Wildman–Crippen MR) is 73.4 cm³/mol. The molecule has 7 nitrogen and oxygen atoms in total. The van der Waals surface area contributed by atoms with Gasteiger partial charge in [-0.2, -0.15) is 4.37 Å². The number of rotatable bonds is 5. The van der Waals surface area contributed by atoms with Gasteiger partial charge in [0.2, 0.25) is 10.9 Å². The Morgan fingerprint density at radius 2 is 1.90 bits per heavy atom. The van der Waals surface area contributed by atoms with Crippen molar-refractivity contribution in [2.75, 3.05) is 20.8 Å². The van der Waals surface area contributed by atoms with E-state index in [9.17, 15) is 9.59 Å². The van der Waals surface area contributed by atoms with Gasteiger partial charge in [-0.25, -0.2) is 0 Å². The van der Waals surface area contributed by atoms with Crippen LogP contribution in [-0.2, 0) is 9.53 Å². The van der Waals surface area contributed by atoms with Crippen molar-refractivity contribution in [3.63, 3.8) is 0 Å². The van der Waals surface area contributed by atoms with Crippen molar-refractivity contribution < 1.29 is 23.8 Å². The molecular formula is C12H18N2O5S. The first-order valence-electron chi connectivity index (χ1n) is 5.86. The molecule has 8 heteroatoms. The number of hydrogen-bond donors (Lipinski definition) is 1. The van der Waals surface area contributed by atoms with Gasteiger partial charge in [0, 0.05) is 11.5 Å². The fourth-order valence-corrected chi connectivity index (χ4v) is 2.03. The third-order valence-electron chi connectivity index (χ3n) is 2.05. The standard InChI is InChI=1S/C12H18N2O5S/c1-12(2,3)19-7(15)6-13-9(16)8-10(17-4)14-20-11(8)18-5/h6H2,1-5H3,(H,13,16). The normalized spacial score (nSPS) is 10.8. The van der Waals surface area contributed by atoms with Gasteiger partial charge in [-0.15, -0.1) is 0 Å². The van der Waals surface area contributed by atoms with E-state index in [0.717, 1.165) is 11.5 Å². The molecular weight excluding hydrogens is 284 g/mol. The molecule has 20 heavy (non-hydrogen) atoms. The van der Waals surface area contributed by atoms with Gasteiger partial charge in [0.25, 0.3) is 5.91 Å². The minimum absolute atomic E-state index is 0.161. The minimum Gasteiger partial charge on any atom is -0.485 e. The number of nitrogens with one attached hydrogen (secondary N) is 1. The number of hydrogen-bond acceptors (Lipinski definition) is 7. The van der Waals surface area contributed by atoms with Crippen LogP contribution in [0.4, 0.5) is 0 Å². The highest BCUT2D eigenvalue weighted by atomic mass is 32.1. The first kappa shape index (κ1) is 16.2. The second kappa shape index (κ2) is 6.56. The van der Waals surface area contributed by atoms with Crippen molar-refractivity contribution in [3.8, 4) is 10.9 Å². The molecule has 0 radical (unpaired) electrons. The minimum atomic E-state index is -0.596. The van der Waals surface area contributed by atoms with E-state index in [0.29, 0.717) is 5.06 Å². The van der Waals surface area contributed by atoms with Gasteiger partial charge in [0.05, 0.1) is 14.2 Å². The van der Waals surface area contributed by atoms with E-state index in [1.165, 1.54) is 14.2 Å². The number of carbonyl (C=O) groups is 2. The molecule has 0 bridgehead atoms. The molecule has 112 valence electrons. The van der Waals surface area contributed by atoms with Crippen LogP contribution in [0.25, 0.3) is 0 Å². The average molecular weight is 302 g/mol. The second-order valence-electron chi connectivity index (χ2n) is 4.83.